The third-order valence-electron chi connectivity index (χ3n) is 2.59. The highest BCUT2D eigenvalue weighted by atomic mass is 19.4. The predicted molar refractivity (Wildman–Crippen MR) is 54.0 cm³/mol. The lowest BCUT2D eigenvalue weighted by Crippen LogP contribution is -2.20. The summed E-state index contributed by atoms with van der Waals surface area (Å²) < 4.78 is 75.2. The number of nitrogens with zero attached hydrogens (tertiary/aromatic N) is 1. The molecule has 0 saturated carbocycles. The Morgan fingerprint density at radius 3 is 2.11 bits per heavy atom. The van der Waals surface area contributed by atoms with E-state index in [0.717, 1.165) is 6.42 Å². The average molecular weight is 273 g/mol. The van der Waals surface area contributed by atoms with Crippen LogP contribution in [-0.4, -0.2) is 4.57 Å². The van der Waals surface area contributed by atoms with Gasteiger partial charge >= 0.3 is 12.5 Å². The van der Waals surface area contributed by atoms with Gasteiger partial charge in [0.15, 0.2) is 0 Å². The summed E-state index contributed by atoms with van der Waals surface area (Å²) in [4.78, 5) is 0. The number of aromatic nitrogens is 1. The minimum atomic E-state index is -4.81. The summed E-state index contributed by atoms with van der Waals surface area (Å²) in [6.45, 7) is 1.83. The van der Waals surface area contributed by atoms with E-state index in [-0.39, 0.29) is 11.0 Å². The zero-order valence-electron chi connectivity index (χ0n) is 9.70. The van der Waals surface area contributed by atoms with Gasteiger partial charge in [0.2, 0.25) is 0 Å². The van der Waals surface area contributed by atoms with E-state index >= 15 is 0 Å². The monoisotopic (exact) mass is 273 g/mol. The zero-order valence-corrected chi connectivity index (χ0v) is 9.70. The molecule has 0 radical (unpaired) electrons. The largest absolute Gasteiger partial charge is 0.488 e. The van der Waals surface area contributed by atoms with Gasteiger partial charge in [-0.15, -0.1) is 13.2 Å². The van der Waals surface area contributed by atoms with Crippen molar-refractivity contribution in [3.63, 3.8) is 0 Å². The van der Waals surface area contributed by atoms with Crippen LogP contribution < -0.4 is 0 Å². The third kappa shape index (κ3) is 3.43. The van der Waals surface area contributed by atoms with E-state index in [4.69, 9.17) is 0 Å². The molecule has 0 aliphatic carbocycles. The van der Waals surface area contributed by atoms with E-state index in [2.05, 4.69) is 0 Å². The molecule has 0 spiro atoms. The molecule has 7 heteroatoms. The van der Waals surface area contributed by atoms with Gasteiger partial charge in [0.1, 0.15) is 0 Å². The molecule has 1 nitrogen and oxygen atoms in total. The van der Waals surface area contributed by atoms with Crippen LogP contribution in [-0.2, 0) is 18.9 Å². The SMILES string of the molecule is CCCCCc1c(C(F)(F)F)ccn1C(F)(F)F. The van der Waals surface area contributed by atoms with Gasteiger partial charge in [-0.25, -0.2) is 0 Å². The second-order valence-corrected chi connectivity index (χ2v) is 3.97. The average Bonchev–Trinajstić information content (AvgIpc) is 2.60. The highest BCUT2D eigenvalue weighted by Crippen LogP contribution is 2.36. The van der Waals surface area contributed by atoms with Gasteiger partial charge in [-0.3, -0.25) is 4.57 Å². The Hall–Kier alpha value is -1.14. The predicted octanol–water partition coefficient (Wildman–Crippen LogP) is 4.72. The zero-order chi connectivity index (χ0) is 14.0. The van der Waals surface area contributed by atoms with Crippen molar-refractivity contribution >= 4 is 0 Å². The first-order valence-electron chi connectivity index (χ1n) is 5.52. The molecule has 0 aromatic carbocycles. The van der Waals surface area contributed by atoms with Crippen LogP contribution in [0.2, 0.25) is 0 Å². The molecule has 104 valence electrons. The maximum atomic E-state index is 12.6. The molecule has 0 fully saturated rings. The number of halogens is 6. The smallest absolute Gasteiger partial charge is 0.263 e. The maximum Gasteiger partial charge on any atom is 0.488 e. The second-order valence-electron chi connectivity index (χ2n) is 3.97. The Bertz CT molecular complexity index is 356. The van der Waals surface area contributed by atoms with Gasteiger partial charge in [0.25, 0.3) is 0 Å². The molecule has 1 rings (SSSR count). The maximum absolute atomic E-state index is 12.6. The van der Waals surface area contributed by atoms with Crippen molar-refractivity contribution in [2.75, 3.05) is 0 Å². The van der Waals surface area contributed by atoms with Crippen molar-refractivity contribution in [3.05, 3.63) is 23.5 Å². The summed E-state index contributed by atoms with van der Waals surface area (Å²) >= 11 is 0. The van der Waals surface area contributed by atoms with Gasteiger partial charge in [-0.2, -0.15) is 13.2 Å². The third-order valence-corrected chi connectivity index (χ3v) is 2.59. The van der Waals surface area contributed by atoms with Gasteiger partial charge in [0.05, 0.1) is 5.56 Å². The first kappa shape index (κ1) is 14.9. The van der Waals surface area contributed by atoms with E-state index in [1.807, 2.05) is 6.92 Å². The molecule has 0 N–H and O–H groups in total. The fraction of sp³-hybridized carbons (Fsp3) is 0.636. The fourth-order valence-electron chi connectivity index (χ4n) is 1.76. The van der Waals surface area contributed by atoms with Crippen LogP contribution in [0.4, 0.5) is 26.3 Å². The molecular formula is C11H13F6N. The lowest BCUT2D eigenvalue weighted by atomic mass is 10.1. The first-order valence-corrected chi connectivity index (χ1v) is 5.52. The summed E-state index contributed by atoms with van der Waals surface area (Å²) in [5.41, 5.74) is -1.90. The Morgan fingerprint density at radius 2 is 1.67 bits per heavy atom. The Morgan fingerprint density at radius 1 is 1.06 bits per heavy atom. The summed E-state index contributed by atoms with van der Waals surface area (Å²) in [5.74, 6) is 0. The normalized spacial score (nSPS) is 13.1. The summed E-state index contributed by atoms with van der Waals surface area (Å²) in [5, 5.41) is 0. The van der Waals surface area contributed by atoms with E-state index in [1.165, 1.54) is 0 Å². The molecule has 0 atom stereocenters. The lowest BCUT2D eigenvalue weighted by Gasteiger charge is -2.15. The number of hydrogen-bond donors (Lipinski definition) is 0. The standard InChI is InChI=1S/C11H13F6N/c1-2-3-4-5-9-8(10(12,13)14)6-7-18(9)11(15,16)17/h6-7H,2-5H2,1H3. The van der Waals surface area contributed by atoms with Gasteiger partial charge in [-0.1, -0.05) is 19.8 Å². The van der Waals surface area contributed by atoms with Crippen molar-refractivity contribution < 1.29 is 26.3 Å². The van der Waals surface area contributed by atoms with Crippen molar-refractivity contribution in [3.8, 4) is 0 Å². The number of hydrogen-bond acceptors (Lipinski definition) is 0. The van der Waals surface area contributed by atoms with Crippen LogP contribution >= 0.6 is 0 Å². The number of alkyl halides is 6. The molecule has 0 bridgehead atoms. The Balaban J connectivity index is 3.10. The minimum Gasteiger partial charge on any atom is -0.263 e. The molecule has 0 aliphatic heterocycles. The van der Waals surface area contributed by atoms with E-state index in [1.54, 1.807) is 0 Å². The molecule has 1 aromatic rings. The molecule has 0 aliphatic rings. The van der Waals surface area contributed by atoms with Gasteiger partial charge < -0.3 is 0 Å². The fourth-order valence-corrected chi connectivity index (χ4v) is 1.76. The van der Waals surface area contributed by atoms with E-state index in [0.29, 0.717) is 25.1 Å². The van der Waals surface area contributed by atoms with Crippen molar-refractivity contribution in [2.45, 2.75) is 45.1 Å². The topological polar surface area (TPSA) is 4.93 Å². The van der Waals surface area contributed by atoms with Crippen LogP contribution in [0.1, 0.15) is 37.4 Å². The van der Waals surface area contributed by atoms with Crippen LogP contribution in [0.3, 0.4) is 0 Å². The van der Waals surface area contributed by atoms with E-state index in [9.17, 15) is 26.3 Å². The minimum absolute atomic E-state index is 0.227. The van der Waals surface area contributed by atoms with Crippen LogP contribution in [0.15, 0.2) is 12.3 Å². The van der Waals surface area contributed by atoms with Crippen LogP contribution in [0.5, 0.6) is 0 Å². The Labute approximate surface area is 100 Å². The molecule has 18 heavy (non-hydrogen) atoms. The Kier molecular flexibility index (Phi) is 4.34. The first-order chi connectivity index (χ1) is 8.18. The van der Waals surface area contributed by atoms with Gasteiger partial charge in [0, 0.05) is 11.9 Å². The number of unbranched alkanes of at least 4 members (excludes halogenated alkanes) is 2. The summed E-state index contributed by atoms with van der Waals surface area (Å²) in [6.07, 6.45) is -7.73. The van der Waals surface area contributed by atoms with Crippen molar-refractivity contribution in [1.29, 1.82) is 0 Å². The van der Waals surface area contributed by atoms with Gasteiger partial charge in [-0.05, 0) is 18.9 Å². The summed E-state index contributed by atoms with van der Waals surface area (Å²) in [6, 6.07) is 0.481. The molecule has 0 amide bonds. The molecule has 0 unspecified atom stereocenters. The van der Waals surface area contributed by atoms with Crippen molar-refractivity contribution in [2.24, 2.45) is 0 Å². The van der Waals surface area contributed by atoms with Crippen LogP contribution in [0, 0.1) is 0 Å². The van der Waals surface area contributed by atoms with Crippen molar-refractivity contribution in [1.82, 2.24) is 4.57 Å². The molecule has 1 heterocycles. The highest BCUT2D eigenvalue weighted by Gasteiger charge is 2.40. The number of rotatable bonds is 4. The molecule has 0 saturated heterocycles. The van der Waals surface area contributed by atoms with E-state index < -0.39 is 23.7 Å². The molecular weight excluding hydrogens is 260 g/mol. The quantitative estimate of drug-likeness (QED) is 0.552. The van der Waals surface area contributed by atoms with Crippen LogP contribution in [0.25, 0.3) is 0 Å². The summed E-state index contributed by atoms with van der Waals surface area (Å²) in [7, 11) is 0. The molecule has 1 aromatic heterocycles. The highest BCUT2D eigenvalue weighted by molar-refractivity contribution is 5.26. The lowest BCUT2D eigenvalue weighted by molar-refractivity contribution is -0.205. The second kappa shape index (κ2) is 5.24.